The quantitative estimate of drug-likeness (QED) is 0.525. The average Bonchev–Trinajstić information content (AvgIpc) is 2.63. The first-order valence-corrected chi connectivity index (χ1v) is 10.3. The van der Waals surface area contributed by atoms with Crippen LogP contribution in [0.2, 0.25) is 0 Å². The second kappa shape index (κ2) is 6.73. The maximum Gasteiger partial charge on any atom is 0.144 e. The minimum Gasteiger partial charge on any atom is -0.738 e. The van der Waals surface area contributed by atoms with E-state index in [0.717, 1.165) is 0 Å². The Morgan fingerprint density at radius 2 is 1.20 bits per heavy atom. The average molecular weight is 381 g/mol. The molecule has 0 saturated heterocycles. The summed E-state index contributed by atoms with van der Waals surface area (Å²) >= 11 is 0. The zero-order valence-corrected chi connectivity index (χ0v) is 14.5. The molecular formula is C16H17N2O5S2-. The molecule has 2 aromatic rings. The van der Waals surface area contributed by atoms with Gasteiger partial charge in [0.15, 0.2) is 0 Å². The zero-order chi connectivity index (χ0) is 18.1. The summed E-state index contributed by atoms with van der Waals surface area (Å²) in [5, 5.41) is 12.0. The second-order valence-corrected chi connectivity index (χ2v) is 9.16. The van der Waals surface area contributed by atoms with Gasteiger partial charge >= 0.3 is 0 Å². The Hall–Kier alpha value is -1.98. The van der Waals surface area contributed by atoms with Crippen LogP contribution in [0, 0.1) is 5.21 Å². The number of rotatable bonds is 4. The van der Waals surface area contributed by atoms with E-state index in [1.165, 1.54) is 36.4 Å². The monoisotopic (exact) mass is 381 g/mol. The van der Waals surface area contributed by atoms with E-state index in [2.05, 4.69) is 5.43 Å². The topological polar surface area (TPSA) is 119 Å². The number of benzene rings is 2. The molecule has 9 heteroatoms. The summed E-state index contributed by atoms with van der Waals surface area (Å²) in [4.78, 5) is 0.434. The number of nitrogens with one attached hydrogen (secondary N) is 1. The number of allylic oxidation sites excluding steroid dienone is 2. The van der Waals surface area contributed by atoms with E-state index in [1.807, 2.05) is 0 Å². The maximum absolute atomic E-state index is 12.3. The lowest BCUT2D eigenvalue weighted by molar-refractivity contribution is 0.377. The highest BCUT2D eigenvalue weighted by molar-refractivity contribution is 8.28. The highest BCUT2D eigenvalue weighted by Gasteiger charge is 2.29. The van der Waals surface area contributed by atoms with Gasteiger partial charge in [-0.3, -0.25) is 23.6 Å². The van der Waals surface area contributed by atoms with Gasteiger partial charge in [-0.15, -0.1) is 21.2 Å². The highest BCUT2D eigenvalue weighted by Crippen LogP contribution is 2.59. The molecule has 0 aromatic heterocycles. The van der Waals surface area contributed by atoms with Crippen molar-refractivity contribution in [3.63, 3.8) is 0 Å². The summed E-state index contributed by atoms with van der Waals surface area (Å²) in [6.07, 6.45) is 2.45. The molecule has 0 spiro atoms. The fourth-order valence-corrected chi connectivity index (χ4v) is 4.82. The molecule has 0 unspecified atom stereocenters. The molecule has 0 bridgehead atoms. The van der Waals surface area contributed by atoms with Gasteiger partial charge in [-0.05, 0) is 36.4 Å². The molecule has 3 rings (SSSR count). The van der Waals surface area contributed by atoms with Crippen LogP contribution in [-0.2, 0) is 0 Å². The fraction of sp³-hybridized carbons (Fsp3) is 0. The third-order valence-electron chi connectivity index (χ3n) is 3.53. The highest BCUT2D eigenvalue weighted by atomic mass is 32.3. The van der Waals surface area contributed by atoms with Crippen LogP contribution in [0.15, 0.2) is 92.7 Å². The number of nitrogens with zero attached hydrogens (tertiary/aromatic N) is 1. The van der Waals surface area contributed by atoms with Crippen LogP contribution < -0.4 is 5.43 Å². The van der Waals surface area contributed by atoms with E-state index in [9.17, 15) is 23.4 Å². The molecule has 134 valence electrons. The van der Waals surface area contributed by atoms with Crippen LogP contribution in [-0.4, -0.2) is 23.4 Å². The van der Waals surface area contributed by atoms with Gasteiger partial charge in [0.25, 0.3) is 0 Å². The molecule has 1 aliphatic heterocycles. The van der Waals surface area contributed by atoms with Gasteiger partial charge in [0.05, 0.1) is 9.79 Å². The Bertz CT molecular complexity index is 810. The molecule has 2 aromatic carbocycles. The summed E-state index contributed by atoms with van der Waals surface area (Å²) in [5.41, 5.74) is 2.29. The molecule has 7 nitrogen and oxygen atoms in total. The Balaban J connectivity index is 1.96. The fourth-order valence-electron chi connectivity index (χ4n) is 2.24. The minimum atomic E-state index is -3.53. The van der Waals surface area contributed by atoms with Gasteiger partial charge < -0.3 is 10.4 Å². The van der Waals surface area contributed by atoms with Crippen molar-refractivity contribution in [1.29, 1.82) is 0 Å². The Kier molecular flexibility index (Phi) is 4.80. The Labute approximate surface area is 148 Å². The standard InChI is InChI=1S/C16H17N2O5S2/c19-18-16(25(22,23)14-9-5-2-6-10-14)12-11-15(17-18)24(20,21)13-7-3-1-4-8-13/h1-12,17,20-23H/q-1. The van der Waals surface area contributed by atoms with E-state index < -0.39 is 21.2 Å². The van der Waals surface area contributed by atoms with Crippen molar-refractivity contribution in [2.45, 2.75) is 9.79 Å². The molecule has 0 amide bonds. The first kappa shape index (κ1) is 17.8. The molecule has 1 aliphatic rings. The van der Waals surface area contributed by atoms with Crippen LogP contribution in [0.3, 0.4) is 0 Å². The van der Waals surface area contributed by atoms with Gasteiger partial charge in [0.2, 0.25) is 0 Å². The van der Waals surface area contributed by atoms with E-state index in [4.69, 9.17) is 0 Å². The van der Waals surface area contributed by atoms with Crippen molar-refractivity contribution in [3.8, 4) is 0 Å². The number of hydroxylamine groups is 1. The second-order valence-electron chi connectivity index (χ2n) is 5.17. The van der Waals surface area contributed by atoms with Crippen LogP contribution in [0.25, 0.3) is 0 Å². The normalized spacial score (nSPS) is 16.6. The summed E-state index contributed by atoms with van der Waals surface area (Å²) in [6.45, 7) is 0. The lowest BCUT2D eigenvalue weighted by atomic mass is 10.4. The largest absolute Gasteiger partial charge is 0.738 e. The minimum absolute atomic E-state index is 0.124. The number of hydrogen-bond acceptors (Lipinski definition) is 7. The molecule has 1 heterocycles. The first-order valence-electron chi connectivity index (χ1n) is 7.16. The predicted octanol–water partition coefficient (Wildman–Crippen LogP) is 4.61. The van der Waals surface area contributed by atoms with Gasteiger partial charge in [0.1, 0.15) is 10.1 Å². The lowest BCUT2D eigenvalue weighted by Crippen LogP contribution is -2.37. The summed E-state index contributed by atoms with van der Waals surface area (Å²) in [7, 11) is -6.95. The van der Waals surface area contributed by atoms with E-state index >= 15 is 0 Å². The molecule has 0 aliphatic carbocycles. The molecule has 0 fully saturated rings. The molecule has 0 radical (unpaired) electrons. The zero-order valence-electron chi connectivity index (χ0n) is 12.9. The van der Waals surface area contributed by atoms with Crippen molar-refractivity contribution >= 4 is 21.2 Å². The van der Waals surface area contributed by atoms with Crippen molar-refractivity contribution in [2.75, 3.05) is 0 Å². The van der Waals surface area contributed by atoms with Crippen LogP contribution in [0.1, 0.15) is 0 Å². The third kappa shape index (κ3) is 3.39. The van der Waals surface area contributed by atoms with Gasteiger partial charge in [0, 0.05) is 0 Å². The molecule has 5 N–H and O–H groups in total. The smallest absolute Gasteiger partial charge is 0.144 e. The third-order valence-corrected chi connectivity index (χ3v) is 7.12. The molecule has 25 heavy (non-hydrogen) atoms. The molecule has 0 saturated carbocycles. The van der Waals surface area contributed by atoms with E-state index in [1.54, 1.807) is 36.4 Å². The van der Waals surface area contributed by atoms with Gasteiger partial charge in [-0.25, -0.2) is 0 Å². The number of hydrazine groups is 1. The first-order chi connectivity index (χ1) is 11.8. The maximum atomic E-state index is 12.3. The predicted molar refractivity (Wildman–Crippen MR) is 99.6 cm³/mol. The van der Waals surface area contributed by atoms with Crippen LogP contribution in [0.5, 0.6) is 0 Å². The lowest BCUT2D eigenvalue weighted by Gasteiger charge is -2.48. The van der Waals surface area contributed by atoms with Crippen molar-refractivity contribution < 1.29 is 18.2 Å². The number of hydrogen-bond donors (Lipinski definition) is 5. The van der Waals surface area contributed by atoms with Gasteiger partial charge in [-0.2, -0.15) is 0 Å². The van der Waals surface area contributed by atoms with Crippen molar-refractivity contribution in [3.05, 3.63) is 88.1 Å². The van der Waals surface area contributed by atoms with Crippen LogP contribution in [0.4, 0.5) is 0 Å². The molecular weight excluding hydrogens is 364 g/mol. The van der Waals surface area contributed by atoms with Crippen molar-refractivity contribution in [1.82, 2.24) is 10.6 Å². The molecule has 0 atom stereocenters. The van der Waals surface area contributed by atoms with Crippen LogP contribution >= 0.6 is 21.2 Å². The Morgan fingerprint density at radius 3 is 1.68 bits per heavy atom. The SMILES string of the molecule is [O-]N1NC(S(O)(O)c2ccccc2)=CC=C1S(O)(O)c1ccccc1. The summed E-state index contributed by atoms with van der Waals surface area (Å²) < 4.78 is 41.7. The summed E-state index contributed by atoms with van der Waals surface area (Å²) in [5.74, 6) is 0. The Morgan fingerprint density at radius 1 is 0.720 bits per heavy atom. The van der Waals surface area contributed by atoms with E-state index in [-0.39, 0.29) is 25.0 Å². The van der Waals surface area contributed by atoms with Gasteiger partial charge in [-0.1, -0.05) is 36.4 Å². The van der Waals surface area contributed by atoms with E-state index in [0.29, 0.717) is 0 Å². The van der Waals surface area contributed by atoms with Crippen molar-refractivity contribution in [2.24, 2.45) is 0 Å². The summed E-state index contributed by atoms with van der Waals surface area (Å²) in [6, 6.07) is 16.1.